The number of rotatable bonds is 4. The number of carbonyl (C=O) groups excluding carboxylic acids is 1. The van der Waals surface area contributed by atoms with Crippen molar-refractivity contribution in [1.82, 2.24) is 0 Å². The summed E-state index contributed by atoms with van der Waals surface area (Å²) in [6.07, 6.45) is 1.10. The summed E-state index contributed by atoms with van der Waals surface area (Å²) >= 11 is 1.42. The largest absolute Gasteiger partial charge is 0.282 e. The molecule has 0 aliphatic carbocycles. The zero-order valence-corrected chi connectivity index (χ0v) is 9.51. The number of hydrogen-bond acceptors (Lipinski definition) is 2. The lowest BCUT2D eigenvalue weighted by molar-refractivity contribution is 0.108. The molecule has 0 saturated carbocycles. The molecule has 0 amide bonds. The van der Waals surface area contributed by atoms with Gasteiger partial charge in [-0.3, -0.25) is 4.79 Å². The predicted molar refractivity (Wildman–Crippen MR) is 62.7 cm³/mol. The molecule has 1 aromatic rings. The van der Waals surface area contributed by atoms with Crippen molar-refractivity contribution in [3.05, 3.63) is 35.9 Å². The van der Waals surface area contributed by atoms with Crippen molar-refractivity contribution >= 4 is 16.9 Å². The van der Waals surface area contributed by atoms with Gasteiger partial charge in [-0.15, -0.1) is 0 Å². The number of carbonyl (C=O) groups is 1. The molecule has 2 heteroatoms. The standard InChI is InChI=1S/C12H16OS/c1-10(2)8-9-14-12(13)11-6-4-3-5-7-11/h3-7,10H,8-9H2,1-2H3. The molecule has 76 valence electrons. The van der Waals surface area contributed by atoms with Crippen LogP contribution in [0.1, 0.15) is 30.6 Å². The zero-order valence-electron chi connectivity index (χ0n) is 8.69. The quantitative estimate of drug-likeness (QED) is 0.752. The Labute approximate surface area is 89.9 Å². The van der Waals surface area contributed by atoms with E-state index in [1.54, 1.807) is 0 Å². The van der Waals surface area contributed by atoms with Crippen LogP contribution < -0.4 is 0 Å². The molecule has 0 unspecified atom stereocenters. The lowest BCUT2D eigenvalue weighted by atomic mass is 10.2. The normalized spacial score (nSPS) is 10.5. The Kier molecular flexibility index (Phi) is 4.74. The van der Waals surface area contributed by atoms with E-state index in [2.05, 4.69) is 13.8 Å². The summed E-state index contributed by atoms with van der Waals surface area (Å²) in [6.45, 7) is 4.35. The molecule has 0 heterocycles. The molecular weight excluding hydrogens is 192 g/mol. The fraction of sp³-hybridized carbons (Fsp3) is 0.417. The van der Waals surface area contributed by atoms with E-state index in [1.165, 1.54) is 11.8 Å². The van der Waals surface area contributed by atoms with Crippen LogP contribution in [-0.4, -0.2) is 10.9 Å². The van der Waals surface area contributed by atoms with E-state index in [9.17, 15) is 4.79 Å². The molecule has 1 aromatic carbocycles. The smallest absolute Gasteiger partial charge is 0.219 e. The first-order valence-corrected chi connectivity index (χ1v) is 5.91. The SMILES string of the molecule is CC(C)CCSC(=O)c1ccccc1. The second-order valence-electron chi connectivity index (χ2n) is 3.68. The molecule has 0 fully saturated rings. The fourth-order valence-corrected chi connectivity index (χ4v) is 2.12. The van der Waals surface area contributed by atoms with Crippen LogP contribution in [-0.2, 0) is 0 Å². The zero-order chi connectivity index (χ0) is 10.4. The maximum atomic E-state index is 11.6. The molecule has 0 atom stereocenters. The number of hydrogen-bond donors (Lipinski definition) is 0. The average Bonchev–Trinajstić information content (AvgIpc) is 2.18. The van der Waals surface area contributed by atoms with E-state index in [0.717, 1.165) is 17.7 Å². The Hall–Kier alpha value is -0.760. The van der Waals surface area contributed by atoms with Crippen molar-refractivity contribution in [3.8, 4) is 0 Å². The van der Waals surface area contributed by atoms with Gasteiger partial charge in [-0.05, 0) is 12.3 Å². The summed E-state index contributed by atoms with van der Waals surface area (Å²) in [6, 6.07) is 9.46. The van der Waals surface area contributed by atoms with Gasteiger partial charge in [0.25, 0.3) is 0 Å². The van der Waals surface area contributed by atoms with Crippen LogP contribution >= 0.6 is 11.8 Å². The molecule has 0 spiro atoms. The topological polar surface area (TPSA) is 17.1 Å². The Morgan fingerprint density at radius 3 is 2.50 bits per heavy atom. The first-order chi connectivity index (χ1) is 6.70. The third-order valence-electron chi connectivity index (χ3n) is 1.94. The van der Waals surface area contributed by atoms with Crippen LogP contribution in [0.3, 0.4) is 0 Å². The minimum absolute atomic E-state index is 0.186. The Morgan fingerprint density at radius 1 is 1.29 bits per heavy atom. The van der Waals surface area contributed by atoms with Gasteiger partial charge in [0.15, 0.2) is 0 Å². The van der Waals surface area contributed by atoms with Gasteiger partial charge in [0, 0.05) is 11.3 Å². The summed E-state index contributed by atoms with van der Waals surface area (Å²) in [5.74, 6) is 1.59. The molecule has 14 heavy (non-hydrogen) atoms. The van der Waals surface area contributed by atoms with Gasteiger partial charge in [-0.2, -0.15) is 0 Å². The molecule has 0 saturated heterocycles. The van der Waals surface area contributed by atoms with Gasteiger partial charge >= 0.3 is 0 Å². The van der Waals surface area contributed by atoms with Crippen molar-refractivity contribution in [2.45, 2.75) is 20.3 Å². The molecule has 0 aromatic heterocycles. The summed E-state index contributed by atoms with van der Waals surface area (Å²) in [4.78, 5) is 11.6. The number of benzene rings is 1. The lowest BCUT2D eigenvalue weighted by Crippen LogP contribution is -1.96. The highest BCUT2D eigenvalue weighted by Crippen LogP contribution is 2.15. The van der Waals surface area contributed by atoms with E-state index in [-0.39, 0.29) is 5.12 Å². The van der Waals surface area contributed by atoms with E-state index < -0.39 is 0 Å². The highest BCUT2D eigenvalue weighted by Gasteiger charge is 2.05. The van der Waals surface area contributed by atoms with Crippen molar-refractivity contribution in [2.24, 2.45) is 5.92 Å². The minimum atomic E-state index is 0.186. The Morgan fingerprint density at radius 2 is 1.93 bits per heavy atom. The summed E-state index contributed by atoms with van der Waals surface area (Å²) in [7, 11) is 0. The third-order valence-corrected chi connectivity index (χ3v) is 2.88. The van der Waals surface area contributed by atoms with E-state index >= 15 is 0 Å². The van der Waals surface area contributed by atoms with Crippen molar-refractivity contribution in [3.63, 3.8) is 0 Å². The second kappa shape index (κ2) is 5.86. The minimum Gasteiger partial charge on any atom is -0.282 e. The van der Waals surface area contributed by atoms with Gasteiger partial charge in [0.1, 0.15) is 0 Å². The van der Waals surface area contributed by atoms with E-state index in [4.69, 9.17) is 0 Å². The Balaban J connectivity index is 2.36. The number of thioether (sulfide) groups is 1. The van der Waals surface area contributed by atoms with E-state index in [1.807, 2.05) is 30.3 Å². The Bertz CT molecular complexity index is 280. The van der Waals surface area contributed by atoms with Crippen LogP contribution in [0.5, 0.6) is 0 Å². The maximum absolute atomic E-state index is 11.6. The predicted octanol–water partition coefficient (Wildman–Crippen LogP) is 3.61. The monoisotopic (exact) mass is 208 g/mol. The van der Waals surface area contributed by atoms with Crippen molar-refractivity contribution in [1.29, 1.82) is 0 Å². The maximum Gasteiger partial charge on any atom is 0.219 e. The van der Waals surface area contributed by atoms with Crippen LogP contribution in [0, 0.1) is 5.92 Å². The molecular formula is C12H16OS. The van der Waals surface area contributed by atoms with Crippen molar-refractivity contribution in [2.75, 3.05) is 5.75 Å². The van der Waals surface area contributed by atoms with Crippen LogP contribution in [0.25, 0.3) is 0 Å². The molecule has 0 aliphatic heterocycles. The molecule has 1 rings (SSSR count). The highest BCUT2D eigenvalue weighted by atomic mass is 32.2. The van der Waals surface area contributed by atoms with Gasteiger partial charge < -0.3 is 0 Å². The highest BCUT2D eigenvalue weighted by molar-refractivity contribution is 8.14. The van der Waals surface area contributed by atoms with Gasteiger partial charge in [0.05, 0.1) is 0 Å². The summed E-state index contributed by atoms with van der Waals surface area (Å²) < 4.78 is 0. The van der Waals surface area contributed by atoms with Gasteiger partial charge in [-0.1, -0.05) is 55.9 Å². The average molecular weight is 208 g/mol. The van der Waals surface area contributed by atoms with Crippen LogP contribution in [0.2, 0.25) is 0 Å². The molecule has 1 nitrogen and oxygen atoms in total. The van der Waals surface area contributed by atoms with Crippen LogP contribution in [0.15, 0.2) is 30.3 Å². The molecule has 0 N–H and O–H groups in total. The molecule has 0 bridgehead atoms. The van der Waals surface area contributed by atoms with Gasteiger partial charge in [0.2, 0.25) is 5.12 Å². The fourth-order valence-electron chi connectivity index (χ4n) is 1.04. The van der Waals surface area contributed by atoms with Crippen LogP contribution in [0.4, 0.5) is 0 Å². The van der Waals surface area contributed by atoms with Crippen molar-refractivity contribution < 1.29 is 4.79 Å². The summed E-state index contributed by atoms with van der Waals surface area (Å²) in [5.41, 5.74) is 0.807. The van der Waals surface area contributed by atoms with Gasteiger partial charge in [-0.25, -0.2) is 0 Å². The molecule has 0 aliphatic rings. The van der Waals surface area contributed by atoms with E-state index in [0.29, 0.717) is 5.92 Å². The lowest BCUT2D eigenvalue weighted by Gasteiger charge is -2.03. The third kappa shape index (κ3) is 3.97. The molecule has 0 radical (unpaired) electrons. The first kappa shape index (κ1) is 11.3. The summed E-state index contributed by atoms with van der Waals surface area (Å²) in [5, 5.41) is 0.186. The second-order valence-corrected chi connectivity index (χ2v) is 4.75. The first-order valence-electron chi connectivity index (χ1n) is 4.92.